The Morgan fingerprint density at radius 3 is 2.62 bits per heavy atom. The van der Waals surface area contributed by atoms with E-state index in [1.54, 1.807) is 19.5 Å². The molecule has 1 aromatic carbocycles. The minimum absolute atomic E-state index is 0.418. The van der Waals surface area contributed by atoms with Crippen molar-refractivity contribution < 1.29 is 4.74 Å². The van der Waals surface area contributed by atoms with Crippen molar-refractivity contribution in [1.29, 1.82) is 0 Å². The van der Waals surface area contributed by atoms with Crippen molar-refractivity contribution in [3.05, 3.63) is 42.4 Å². The molecule has 7 nitrogen and oxygen atoms in total. The molecule has 0 radical (unpaired) electrons. The number of anilines is 1. The van der Waals surface area contributed by atoms with Crippen molar-refractivity contribution in [2.75, 3.05) is 12.8 Å². The number of benzene rings is 1. The van der Waals surface area contributed by atoms with Crippen LogP contribution in [-0.4, -0.2) is 31.8 Å². The average Bonchev–Trinajstić information content (AvgIpc) is 2.97. The van der Waals surface area contributed by atoms with E-state index in [1.807, 2.05) is 31.2 Å². The molecule has 2 N–H and O–H groups in total. The first-order valence-electron chi connectivity index (χ1n) is 6.33. The van der Waals surface area contributed by atoms with Crippen LogP contribution < -0.4 is 10.5 Å². The zero-order chi connectivity index (χ0) is 14.8. The van der Waals surface area contributed by atoms with Gasteiger partial charge in [0.25, 0.3) is 5.95 Å². The minimum atomic E-state index is 0.418. The van der Waals surface area contributed by atoms with Crippen LogP contribution in [-0.2, 0) is 0 Å². The standard InChI is InChI=1S/C14H14N6O/c1-9-7-12(21-2)18-14(17-9)20-8-16-13(19-20)10-3-5-11(15)6-4-10/h3-8H,15H2,1-2H3. The van der Waals surface area contributed by atoms with Crippen LogP contribution in [0.2, 0.25) is 0 Å². The lowest BCUT2D eigenvalue weighted by atomic mass is 10.2. The molecule has 3 aromatic rings. The van der Waals surface area contributed by atoms with E-state index >= 15 is 0 Å². The van der Waals surface area contributed by atoms with Gasteiger partial charge < -0.3 is 10.5 Å². The van der Waals surface area contributed by atoms with Gasteiger partial charge >= 0.3 is 0 Å². The fourth-order valence-corrected chi connectivity index (χ4v) is 1.86. The van der Waals surface area contributed by atoms with E-state index in [4.69, 9.17) is 10.5 Å². The summed E-state index contributed by atoms with van der Waals surface area (Å²) in [7, 11) is 1.56. The summed E-state index contributed by atoms with van der Waals surface area (Å²) in [5.74, 6) is 1.49. The third-order valence-corrected chi connectivity index (χ3v) is 2.89. The Morgan fingerprint density at radius 1 is 1.14 bits per heavy atom. The second kappa shape index (κ2) is 5.20. The summed E-state index contributed by atoms with van der Waals surface area (Å²) in [5, 5.41) is 4.38. The second-order valence-corrected chi connectivity index (χ2v) is 4.49. The molecule has 0 saturated heterocycles. The number of methoxy groups -OCH3 is 1. The maximum absolute atomic E-state index is 5.67. The van der Waals surface area contributed by atoms with E-state index < -0.39 is 0 Å². The van der Waals surface area contributed by atoms with Crippen LogP contribution in [0.3, 0.4) is 0 Å². The number of hydrogen-bond acceptors (Lipinski definition) is 6. The monoisotopic (exact) mass is 282 g/mol. The molecule has 21 heavy (non-hydrogen) atoms. The quantitative estimate of drug-likeness (QED) is 0.734. The van der Waals surface area contributed by atoms with Crippen molar-refractivity contribution in [2.45, 2.75) is 6.92 Å². The molecule has 0 saturated carbocycles. The molecule has 0 spiro atoms. The van der Waals surface area contributed by atoms with Gasteiger partial charge in [-0.3, -0.25) is 0 Å². The Balaban J connectivity index is 1.98. The van der Waals surface area contributed by atoms with E-state index in [1.165, 1.54) is 4.68 Å². The van der Waals surface area contributed by atoms with Gasteiger partial charge in [0.05, 0.1) is 7.11 Å². The largest absolute Gasteiger partial charge is 0.481 e. The third-order valence-electron chi connectivity index (χ3n) is 2.89. The maximum atomic E-state index is 5.67. The Kier molecular flexibility index (Phi) is 3.23. The highest BCUT2D eigenvalue weighted by atomic mass is 16.5. The summed E-state index contributed by atoms with van der Waals surface area (Å²) in [6.45, 7) is 1.87. The number of rotatable bonds is 3. The molecule has 0 aliphatic rings. The number of nitrogens with zero attached hydrogens (tertiary/aromatic N) is 5. The van der Waals surface area contributed by atoms with Crippen molar-refractivity contribution in [3.63, 3.8) is 0 Å². The Hall–Kier alpha value is -2.96. The zero-order valence-electron chi connectivity index (χ0n) is 11.7. The predicted molar refractivity (Wildman–Crippen MR) is 78.1 cm³/mol. The molecule has 0 fully saturated rings. The predicted octanol–water partition coefficient (Wildman–Crippen LogP) is 1.62. The lowest BCUT2D eigenvalue weighted by Crippen LogP contribution is -2.04. The highest BCUT2D eigenvalue weighted by Crippen LogP contribution is 2.17. The van der Waals surface area contributed by atoms with Crippen LogP contribution in [0.15, 0.2) is 36.7 Å². The number of aryl methyl sites for hydroxylation is 1. The maximum Gasteiger partial charge on any atom is 0.255 e. The van der Waals surface area contributed by atoms with Gasteiger partial charge in [-0.2, -0.15) is 9.67 Å². The second-order valence-electron chi connectivity index (χ2n) is 4.49. The van der Waals surface area contributed by atoms with E-state index in [2.05, 4.69) is 20.1 Å². The molecule has 0 amide bonds. The van der Waals surface area contributed by atoms with Gasteiger partial charge in [-0.1, -0.05) is 0 Å². The fourth-order valence-electron chi connectivity index (χ4n) is 1.86. The van der Waals surface area contributed by atoms with Gasteiger partial charge in [-0.25, -0.2) is 9.97 Å². The molecule has 7 heteroatoms. The Bertz CT molecular complexity index is 765. The van der Waals surface area contributed by atoms with Crippen LogP contribution in [0, 0.1) is 6.92 Å². The first-order valence-corrected chi connectivity index (χ1v) is 6.33. The number of ether oxygens (including phenoxy) is 1. The van der Waals surface area contributed by atoms with Crippen LogP contribution >= 0.6 is 0 Å². The van der Waals surface area contributed by atoms with Crippen molar-refractivity contribution >= 4 is 5.69 Å². The topological polar surface area (TPSA) is 91.7 Å². The van der Waals surface area contributed by atoms with Gasteiger partial charge in [-0.15, -0.1) is 5.10 Å². The normalized spacial score (nSPS) is 10.6. The lowest BCUT2D eigenvalue weighted by Gasteiger charge is -2.03. The summed E-state index contributed by atoms with van der Waals surface area (Å²) >= 11 is 0. The Morgan fingerprint density at radius 2 is 1.90 bits per heavy atom. The Labute approximate surface area is 121 Å². The molecule has 106 valence electrons. The molecular weight excluding hydrogens is 268 g/mol. The number of hydrogen-bond donors (Lipinski definition) is 1. The van der Waals surface area contributed by atoms with Crippen molar-refractivity contribution in [1.82, 2.24) is 24.7 Å². The number of nitrogen functional groups attached to an aromatic ring is 1. The van der Waals surface area contributed by atoms with Crippen LogP contribution in [0.5, 0.6) is 5.88 Å². The van der Waals surface area contributed by atoms with Gasteiger partial charge in [0, 0.05) is 23.0 Å². The van der Waals surface area contributed by atoms with Gasteiger partial charge in [0.15, 0.2) is 5.82 Å². The molecule has 0 atom stereocenters. The number of nitrogens with two attached hydrogens (primary N) is 1. The first kappa shape index (κ1) is 13.0. The molecular formula is C14H14N6O. The molecule has 0 aliphatic carbocycles. The summed E-state index contributed by atoms with van der Waals surface area (Å²) in [6.07, 6.45) is 1.57. The summed E-state index contributed by atoms with van der Waals surface area (Å²) in [5.41, 5.74) is 8.04. The zero-order valence-corrected chi connectivity index (χ0v) is 11.7. The highest BCUT2D eigenvalue weighted by Gasteiger charge is 2.09. The molecule has 2 aromatic heterocycles. The van der Waals surface area contributed by atoms with Crippen LogP contribution in [0.1, 0.15) is 5.69 Å². The summed E-state index contributed by atoms with van der Waals surface area (Å²) in [6, 6.07) is 9.10. The van der Waals surface area contributed by atoms with Crippen LogP contribution in [0.4, 0.5) is 5.69 Å². The van der Waals surface area contributed by atoms with Gasteiger partial charge in [0.1, 0.15) is 6.33 Å². The fraction of sp³-hybridized carbons (Fsp3) is 0.143. The van der Waals surface area contributed by atoms with Crippen molar-refractivity contribution in [2.24, 2.45) is 0 Å². The molecule has 0 unspecified atom stereocenters. The number of aromatic nitrogens is 5. The smallest absolute Gasteiger partial charge is 0.255 e. The summed E-state index contributed by atoms with van der Waals surface area (Å²) < 4.78 is 6.65. The van der Waals surface area contributed by atoms with E-state index in [0.29, 0.717) is 23.3 Å². The summed E-state index contributed by atoms with van der Waals surface area (Å²) in [4.78, 5) is 12.8. The van der Waals surface area contributed by atoms with E-state index in [0.717, 1.165) is 11.3 Å². The van der Waals surface area contributed by atoms with E-state index in [9.17, 15) is 0 Å². The van der Waals surface area contributed by atoms with Gasteiger partial charge in [0.2, 0.25) is 5.88 Å². The van der Waals surface area contributed by atoms with Gasteiger partial charge in [-0.05, 0) is 31.2 Å². The molecule has 2 heterocycles. The molecule has 0 aliphatic heterocycles. The minimum Gasteiger partial charge on any atom is -0.481 e. The lowest BCUT2D eigenvalue weighted by molar-refractivity contribution is 0.395. The molecule has 0 bridgehead atoms. The first-order chi connectivity index (χ1) is 10.2. The highest BCUT2D eigenvalue weighted by molar-refractivity contribution is 5.58. The third kappa shape index (κ3) is 2.66. The average molecular weight is 282 g/mol. The van der Waals surface area contributed by atoms with Crippen LogP contribution in [0.25, 0.3) is 17.3 Å². The van der Waals surface area contributed by atoms with Crippen molar-refractivity contribution in [3.8, 4) is 23.2 Å². The molecule has 3 rings (SSSR count). The van der Waals surface area contributed by atoms with E-state index in [-0.39, 0.29) is 0 Å². The SMILES string of the molecule is COc1cc(C)nc(-n2cnc(-c3ccc(N)cc3)n2)n1.